The van der Waals surface area contributed by atoms with Crippen molar-refractivity contribution >= 4 is 11.3 Å². The van der Waals surface area contributed by atoms with Crippen molar-refractivity contribution in [2.75, 3.05) is 7.05 Å². The quantitative estimate of drug-likeness (QED) is 0.833. The van der Waals surface area contributed by atoms with Crippen molar-refractivity contribution in [3.05, 3.63) is 34.5 Å². The minimum atomic E-state index is 0.416. The van der Waals surface area contributed by atoms with E-state index in [2.05, 4.69) is 39.1 Å². The van der Waals surface area contributed by atoms with Gasteiger partial charge in [-0.3, -0.25) is 4.68 Å². The van der Waals surface area contributed by atoms with Gasteiger partial charge in [0.2, 0.25) is 0 Å². The number of nitrogens with zero attached hydrogens (tertiary/aromatic N) is 3. The lowest BCUT2D eigenvalue weighted by Crippen LogP contribution is -2.31. The third-order valence-electron chi connectivity index (χ3n) is 3.03. The fraction of sp³-hybridized carbons (Fsp3) is 0.538. The average molecular weight is 264 g/mol. The summed E-state index contributed by atoms with van der Waals surface area (Å²) in [5.41, 5.74) is 1.39. The largest absolute Gasteiger partial charge is 0.316 e. The van der Waals surface area contributed by atoms with E-state index in [1.165, 1.54) is 5.56 Å². The van der Waals surface area contributed by atoms with Crippen LogP contribution in [0.5, 0.6) is 0 Å². The van der Waals surface area contributed by atoms with Crippen LogP contribution in [0.25, 0.3) is 0 Å². The normalized spacial score (nSPS) is 12.8. The van der Waals surface area contributed by atoms with Gasteiger partial charge < -0.3 is 5.32 Å². The molecule has 98 valence electrons. The van der Waals surface area contributed by atoms with Crippen LogP contribution in [0.15, 0.2) is 23.2 Å². The third kappa shape index (κ3) is 3.40. The summed E-state index contributed by atoms with van der Waals surface area (Å²) in [6, 6.07) is 2.60. The molecule has 5 heteroatoms. The molecule has 2 heterocycles. The Morgan fingerprint density at radius 3 is 3.00 bits per heavy atom. The van der Waals surface area contributed by atoms with Crippen LogP contribution in [0.1, 0.15) is 24.7 Å². The van der Waals surface area contributed by atoms with E-state index in [-0.39, 0.29) is 0 Å². The van der Waals surface area contributed by atoms with Crippen molar-refractivity contribution in [2.24, 2.45) is 0 Å². The van der Waals surface area contributed by atoms with Crippen LogP contribution in [0.4, 0.5) is 0 Å². The van der Waals surface area contributed by atoms with E-state index < -0.39 is 0 Å². The molecule has 0 aliphatic rings. The Morgan fingerprint density at radius 2 is 2.33 bits per heavy atom. The highest BCUT2D eigenvalue weighted by Crippen LogP contribution is 2.11. The van der Waals surface area contributed by atoms with Gasteiger partial charge in [-0.15, -0.1) is 0 Å². The monoisotopic (exact) mass is 264 g/mol. The zero-order chi connectivity index (χ0) is 12.8. The van der Waals surface area contributed by atoms with E-state index >= 15 is 0 Å². The Kier molecular flexibility index (Phi) is 4.90. The first kappa shape index (κ1) is 13.2. The van der Waals surface area contributed by atoms with E-state index in [9.17, 15) is 0 Å². The summed E-state index contributed by atoms with van der Waals surface area (Å²) in [6.07, 6.45) is 4.71. The second-order valence-electron chi connectivity index (χ2n) is 4.42. The Hall–Kier alpha value is -1.20. The van der Waals surface area contributed by atoms with Gasteiger partial charge >= 0.3 is 0 Å². The maximum atomic E-state index is 4.37. The standard InChI is InChI=1S/C13H20N4S/c1-3-5-17-13(15-10-16-17)8-12(14-2)7-11-4-6-18-9-11/h4,6,9-10,12,14H,3,5,7-8H2,1-2H3. The molecule has 4 nitrogen and oxygen atoms in total. The maximum absolute atomic E-state index is 4.37. The lowest BCUT2D eigenvalue weighted by atomic mass is 10.1. The number of thiophene rings is 1. The Morgan fingerprint density at radius 1 is 1.44 bits per heavy atom. The molecule has 2 aromatic rings. The van der Waals surface area contributed by atoms with Crippen molar-refractivity contribution in [3.8, 4) is 0 Å². The molecule has 0 radical (unpaired) electrons. The fourth-order valence-electron chi connectivity index (χ4n) is 2.03. The first-order valence-corrected chi connectivity index (χ1v) is 7.32. The number of hydrogen-bond donors (Lipinski definition) is 1. The highest BCUT2D eigenvalue weighted by atomic mass is 32.1. The number of nitrogens with one attached hydrogen (secondary N) is 1. The topological polar surface area (TPSA) is 42.7 Å². The van der Waals surface area contributed by atoms with E-state index in [1.807, 2.05) is 11.7 Å². The molecule has 1 N–H and O–H groups in total. The lowest BCUT2D eigenvalue weighted by molar-refractivity contribution is 0.502. The molecule has 0 amide bonds. The van der Waals surface area contributed by atoms with Crippen molar-refractivity contribution in [1.82, 2.24) is 20.1 Å². The van der Waals surface area contributed by atoms with Gasteiger partial charge in [-0.25, -0.2) is 4.98 Å². The molecule has 1 unspecified atom stereocenters. The number of likely N-dealkylation sites (N-methyl/N-ethyl adjacent to an activating group) is 1. The molecule has 0 aliphatic carbocycles. The summed E-state index contributed by atoms with van der Waals surface area (Å²) in [4.78, 5) is 4.37. The van der Waals surface area contributed by atoms with Crippen molar-refractivity contribution in [2.45, 2.75) is 38.8 Å². The average Bonchev–Trinajstić information content (AvgIpc) is 3.01. The second kappa shape index (κ2) is 6.66. The van der Waals surface area contributed by atoms with Gasteiger partial charge in [0, 0.05) is 19.0 Å². The number of aryl methyl sites for hydroxylation is 1. The zero-order valence-corrected chi connectivity index (χ0v) is 11.8. The SMILES string of the molecule is CCCn1ncnc1CC(Cc1ccsc1)NC. The van der Waals surface area contributed by atoms with Crippen LogP contribution >= 0.6 is 11.3 Å². The molecule has 2 aromatic heterocycles. The molecule has 0 fully saturated rings. The smallest absolute Gasteiger partial charge is 0.138 e. The summed E-state index contributed by atoms with van der Waals surface area (Å²) >= 11 is 1.75. The van der Waals surface area contributed by atoms with Crippen LogP contribution < -0.4 is 5.32 Å². The summed E-state index contributed by atoms with van der Waals surface area (Å²) in [5, 5.41) is 12.0. The van der Waals surface area contributed by atoms with Gasteiger partial charge in [0.05, 0.1) is 0 Å². The van der Waals surface area contributed by atoms with Gasteiger partial charge in [-0.1, -0.05) is 6.92 Å². The van der Waals surface area contributed by atoms with E-state index in [4.69, 9.17) is 0 Å². The number of aromatic nitrogens is 3. The van der Waals surface area contributed by atoms with Crippen LogP contribution in [0.3, 0.4) is 0 Å². The highest BCUT2D eigenvalue weighted by Gasteiger charge is 2.12. The fourth-order valence-corrected chi connectivity index (χ4v) is 2.72. The summed E-state index contributed by atoms with van der Waals surface area (Å²) in [5.74, 6) is 1.08. The minimum absolute atomic E-state index is 0.416. The molecular formula is C13H20N4S. The molecule has 0 aromatic carbocycles. The van der Waals surface area contributed by atoms with E-state index in [0.717, 1.165) is 31.6 Å². The summed E-state index contributed by atoms with van der Waals surface area (Å²) in [6.45, 7) is 3.11. The van der Waals surface area contributed by atoms with Crippen LogP contribution in [0, 0.1) is 0 Å². The third-order valence-corrected chi connectivity index (χ3v) is 3.76. The molecule has 0 saturated carbocycles. The van der Waals surface area contributed by atoms with Crippen LogP contribution in [-0.2, 0) is 19.4 Å². The van der Waals surface area contributed by atoms with Gasteiger partial charge in [-0.05, 0) is 42.3 Å². The maximum Gasteiger partial charge on any atom is 0.138 e. The van der Waals surface area contributed by atoms with E-state index in [0.29, 0.717) is 6.04 Å². The second-order valence-corrected chi connectivity index (χ2v) is 5.20. The minimum Gasteiger partial charge on any atom is -0.316 e. The van der Waals surface area contributed by atoms with E-state index in [1.54, 1.807) is 17.7 Å². The van der Waals surface area contributed by atoms with Gasteiger partial charge in [0.25, 0.3) is 0 Å². The van der Waals surface area contributed by atoms with Crippen LogP contribution in [-0.4, -0.2) is 27.9 Å². The Bertz CT molecular complexity index is 449. The molecule has 0 spiro atoms. The predicted octanol–water partition coefficient (Wildman–Crippen LogP) is 2.12. The summed E-state index contributed by atoms with van der Waals surface area (Å²) < 4.78 is 2.01. The highest BCUT2D eigenvalue weighted by molar-refractivity contribution is 7.07. The van der Waals surface area contributed by atoms with Crippen molar-refractivity contribution < 1.29 is 0 Å². The number of rotatable bonds is 7. The molecular weight excluding hydrogens is 244 g/mol. The zero-order valence-electron chi connectivity index (χ0n) is 11.0. The molecule has 2 rings (SSSR count). The van der Waals surface area contributed by atoms with Gasteiger partial charge in [0.1, 0.15) is 12.2 Å². The van der Waals surface area contributed by atoms with Gasteiger partial charge in [0.15, 0.2) is 0 Å². The van der Waals surface area contributed by atoms with Crippen molar-refractivity contribution in [3.63, 3.8) is 0 Å². The Balaban J connectivity index is 1.99. The molecule has 0 aliphatic heterocycles. The van der Waals surface area contributed by atoms with Gasteiger partial charge in [-0.2, -0.15) is 16.4 Å². The van der Waals surface area contributed by atoms with Crippen molar-refractivity contribution in [1.29, 1.82) is 0 Å². The first-order valence-electron chi connectivity index (χ1n) is 6.38. The molecule has 18 heavy (non-hydrogen) atoms. The molecule has 1 atom stereocenters. The summed E-state index contributed by atoms with van der Waals surface area (Å²) in [7, 11) is 2.01. The predicted molar refractivity (Wildman–Crippen MR) is 74.9 cm³/mol. The molecule has 0 bridgehead atoms. The molecule has 0 saturated heterocycles. The lowest BCUT2D eigenvalue weighted by Gasteiger charge is -2.15. The first-order chi connectivity index (χ1) is 8.83. The van der Waals surface area contributed by atoms with Crippen LogP contribution in [0.2, 0.25) is 0 Å². The number of hydrogen-bond acceptors (Lipinski definition) is 4. The Labute approximate surface area is 112 Å².